The van der Waals surface area contributed by atoms with E-state index in [0.717, 1.165) is 11.1 Å². The summed E-state index contributed by atoms with van der Waals surface area (Å²) in [4.78, 5) is 12.3. The van der Waals surface area contributed by atoms with Crippen LogP contribution in [-0.2, 0) is 11.2 Å². The number of hydrogen-bond acceptors (Lipinski definition) is 4. The monoisotopic (exact) mass is 325 g/mol. The molecule has 0 aliphatic heterocycles. The van der Waals surface area contributed by atoms with Crippen molar-refractivity contribution in [1.29, 1.82) is 0 Å². The maximum absolute atomic E-state index is 13.2. The number of nitrogens with zero attached hydrogens (tertiary/aromatic N) is 2. The number of benzene rings is 2. The predicted octanol–water partition coefficient (Wildman–Crippen LogP) is 3.69. The van der Waals surface area contributed by atoms with E-state index in [4.69, 9.17) is 4.42 Å². The van der Waals surface area contributed by atoms with E-state index in [0.29, 0.717) is 18.0 Å². The van der Waals surface area contributed by atoms with E-state index in [1.165, 1.54) is 18.5 Å². The highest BCUT2D eigenvalue weighted by Gasteiger charge is 2.14. The third-order valence-electron chi connectivity index (χ3n) is 3.64. The molecule has 0 aliphatic carbocycles. The average Bonchev–Trinajstić information content (AvgIpc) is 3.10. The van der Waals surface area contributed by atoms with Gasteiger partial charge < -0.3 is 9.73 Å². The van der Waals surface area contributed by atoms with Gasteiger partial charge in [0.05, 0.1) is 0 Å². The van der Waals surface area contributed by atoms with Crippen molar-refractivity contribution in [2.24, 2.45) is 5.92 Å². The summed E-state index contributed by atoms with van der Waals surface area (Å²) >= 11 is 0. The molecule has 0 aliphatic rings. The van der Waals surface area contributed by atoms with Crippen molar-refractivity contribution in [1.82, 2.24) is 10.2 Å². The van der Waals surface area contributed by atoms with Crippen LogP contribution in [0.3, 0.4) is 0 Å². The number of hydrogen-bond donors (Lipinski definition) is 1. The topological polar surface area (TPSA) is 68.0 Å². The van der Waals surface area contributed by atoms with Crippen LogP contribution in [0, 0.1) is 11.7 Å². The quantitative estimate of drug-likeness (QED) is 0.777. The van der Waals surface area contributed by atoms with Gasteiger partial charge in [0.15, 0.2) is 0 Å². The number of amides is 1. The van der Waals surface area contributed by atoms with Crippen LogP contribution in [0.25, 0.3) is 11.5 Å². The Kier molecular flexibility index (Phi) is 4.65. The van der Waals surface area contributed by atoms with Crippen LogP contribution in [0.15, 0.2) is 59.3 Å². The summed E-state index contributed by atoms with van der Waals surface area (Å²) in [7, 11) is 0. The van der Waals surface area contributed by atoms with Crippen LogP contribution in [-0.4, -0.2) is 16.1 Å². The van der Waals surface area contributed by atoms with Gasteiger partial charge >= 0.3 is 0 Å². The molecule has 0 bridgehead atoms. The van der Waals surface area contributed by atoms with Crippen LogP contribution >= 0.6 is 0 Å². The number of aromatic nitrogens is 2. The fraction of sp³-hybridized carbons (Fsp3) is 0.167. The van der Waals surface area contributed by atoms with E-state index in [1.807, 2.05) is 13.0 Å². The average molecular weight is 325 g/mol. The summed E-state index contributed by atoms with van der Waals surface area (Å²) < 4.78 is 18.3. The molecule has 1 aromatic heterocycles. The van der Waals surface area contributed by atoms with Crippen LogP contribution < -0.4 is 5.32 Å². The third kappa shape index (κ3) is 3.84. The predicted molar refractivity (Wildman–Crippen MR) is 87.6 cm³/mol. The van der Waals surface area contributed by atoms with E-state index in [-0.39, 0.29) is 17.6 Å². The van der Waals surface area contributed by atoms with E-state index in [1.54, 1.807) is 30.3 Å². The van der Waals surface area contributed by atoms with Crippen LogP contribution in [0.5, 0.6) is 0 Å². The lowest BCUT2D eigenvalue weighted by Crippen LogP contribution is -2.22. The fourth-order valence-corrected chi connectivity index (χ4v) is 2.37. The molecule has 5 nitrogen and oxygen atoms in total. The molecule has 24 heavy (non-hydrogen) atoms. The van der Waals surface area contributed by atoms with Gasteiger partial charge in [-0.05, 0) is 48.4 Å². The molecule has 0 saturated carbocycles. The smallest absolute Gasteiger partial charge is 0.247 e. The zero-order valence-electron chi connectivity index (χ0n) is 13.1. The Balaban J connectivity index is 1.61. The summed E-state index contributed by atoms with van der Waals surface area (Å²) in [5.41, 5.74) is 2.25. The van der Waals surface area contributed by atoms with Crippen molar-refractivity contribution < 1.29 is 13.6 Å². The molecule has 3 rings (SSSR count). The molecule has 2 aromatic carbocycles. The Morgan fingerprint density at radius 3 is 2.71 bits per heavy atom. The van der Waals surface area contributed by atoms with Gasteiger partial charge in [-0.3, -0.25) is 4.79 Å². The van der Waals surface area contributed by atoms with Crippen molar-refractivity contribution in [2.75, 3.05) is 5.32 Å². The second kappa shape index (κ2) is 7.04. The first kappa shape index (κ1) is 15.9. The highest BCUT2D eigenvalue weighted by Crippen LogP contribution is 2.20. The van der Waals surface area contributed by atoms with Gasteiger partial charge in [-0.1, -0.05) is 19.1 Å². The maximum atomic E-state index is 13.2. The molecule has 1 unspecified atom stereocenters. The molecule has 3 aromatic rings. The number of nitrogens with one attached hydrogen (secondary N) is 1. The van der Waals surface area contributed by atoms with Crippen molar-refractivity contribution in [3.63, 3.8) is 0 Å². The summed E-state index contributed by atoms with van der Waals surface area (Å²) in [5, 5.41) is 10.3. The van der Waals surface area contributed by atoms with E-state index < -0.39 is 0 Å². The number of carbonyl (C=O) groups is 1. The Morgan fingerprint density at radius 1 is 1.25 bits per heavy atom. The van der Waals surface area contributed by atoms with E-state index in [2.05, 4.69) is 15.5 Å². The minimum Gasteiger partial charge on any atom is -0.423 e. The second-order valence-electron chi connectivity index (χ2n) is 5.55. The largest absolute Gasteiger partial charge is 0.423 e. The van der Waals surface area contributed by atoms with Gasteiger partial charge in [-0.25, -0.2) is 4.39 Å². The summed E-state index contributed by atoms with van der Waals surface area (Å²) in [6.45, 7) is 1.81. The molecule has 0 saturated heterocycles. The minimum absolute atomic E-state index is 0.121. The van der Waals surface area contributed by atoms with Gasteiger partial charge in [0, 0.05) is 17.2 Å². The molecule has 1 amide bonds. The fourth-order valence-electron chi connectivity index (χ4n) is 2.37. The van der Waals surface area contributed by atoms with Crippen LogP contribution in [0.1, 0.15) is 12.5 Å². The van der Waals surface area contributed by atoms with Gasteiger partial charge in [-0.15, -0.1) is 10.2 Å². The molecule has 122 valence electrons. The SMILES string of the molecule is CC(Cc1cccc(F)c1)C(=O)Nc1ccc(-c2nnco2)cc1. The lowest BCUT2D eigenvalue weighted by molar-refractivity contribution is -0.119. The van der Waals surface area contributed by atoms with Crippen molar-refractivity contribution in [3.05, 3.63) is 66.3 Å². The van der Waals surface area contributed by atoms with Crippen molar-refractivity contribution in [2.45, 2.75) is 13.3 Å². The molecule has 0 radical (unpaired) electrons. The molecular formula is C18H16FN3O2. The minimum atomic E-state index is -0.295. The zero-order chi connectivity index (χ0) is 16.9. The number of anilines is 1. The Bertz CT molecular complexity index is 817. The first-order valence-electron chi connectivity index (χ1n) is 7.54. The summed E-state index contributed by atoms with van der Waals surface area (Å²) in [6.07, 6.45) is 1.74. The van der Waals surface area contributed by atoms with Crippen LogP contribution in [0.2, 0.25) is 0 Å². The van der Waals surface area contributed by atoms with Gasteiger partial charge in [0.2, 0.25) is 18.2 Å². The zero-order valence-corrected chi connectivity index (χ0v) is 13.1. The highest BCUT2D eigenvalue weighted by atomic mass is 19.1. The Morgan fingerprint density at radius 2 is 2.04 bits per heavy atom. The normalized spacial score (nSPS) is 11.9. The highest BCUT2D eigenvalue weighted by molar-refractivity contribution is 5.92. The lowest BCUT2D eigenvalue weighted by Gasteiger charge is -2.12. The standard InChI is InChI=1S/C18H16FN3O2/c1-12(9-13-3-2-4-15(19)10-13)17(23)21-16-7-5-14(6-8-16)18-22-20-11-24-18/h2-8,10-12H,9H2,1H3,(H,21,23). The third-order valence-corrected chi connectivity index (χ3v) is 3.64. The number of halogens is 1. The van der Waals surface area contributed by atoms with E-state index in [9.17, 15) is 9.18 Å². The van der Waals surface area contributed by atoms with Gasteiger partial charge in [0.1, 0.15) is 5.82 Å². The van der Waals surface area contributed by atoms with Crippen LogP contribution in [0.4, 0.5) is 10.1 Å². The molecular weight excluding hydrogens is 309 g/mol. The first-order valence-corrected chi connectivity index (χ1v) is 7.54. The molecule has 1 atom stereocenters. The lowest BCUT2D eigenvalue weighted by atomic mass is 10.00. The van der Waals surface area contributed by atoms with Gasteiger partial charge in [0.25, 0.3) is 0 Å². The Labute approximate surface area is 138 Å². The van der Waals surface area contributed by atoms with Crippen molar-refractivity contribution >= 4 is 11.6 Å². The first-order chi connectivity index (χ1) is 11.6. The Hall–Kier alpha value is -3.02. The van der Waals surface area contributed by atoms with Crippen molar-refractivity contribution in [3.8, 4) is 11.5 Å². The summed E-state index contributed by atoms with van der Waals surface area (Å²) in [5.74, 6) is -0.267. The number of rotatable bonds is 5. The van der Waals surface area contributed by atoms with E-state index >= 15 is 0 Å². The molecule has 0 spiro atoms. The molecule has 1 N–H and O–H groups in total. The molecule has 1 heterocycles. The summed E-state index contributed by atoms with van der Waals surface area (Å²) in [6, 6.07) is 13.4. The molecule has 0 fully saturated rings. The number of carbonyl (C=O) groups excluding carboxylic acids is 1. The second-order valence-corrected chi connectivity index (χ2v) is 5.55. The molecule has 6 heteroatoms. The maximum Gasteiger partial charge on any atom is 0.247 e. The van der Waals surface area contributed by atoms with Gasteiger partial charge in [-0.2, -0.15) is 0 Å².